The lowest BCUT2D eigenvalue weighted by Crippen LogP contribution is -1.96. The summed E-state index contributed by atoms with van der Waals surface area (Å²) in [5.41, 5.74) is 1.77. The van der Waals surface area contributed by atoms with Crippen LogP contribution < -0.4 is 5.32 Å². The molecule has 2 rings (SSSR count). The van der Waals surface area contributed by atoms with Gasteiger partial charge >= 0.3 is 5.97 Å². The summed E-state index contributed by atoms with van der Waals surface area (Å²) >= 11 is 4.08. The van der Waals surface area contributed by atoms with Gasteiger partial charge in [-0.25, -0.2) is 0 Å². The number of rotatable bonds is 6. The smallest absolute Gasteiger partial charge is 0.313 e. The maximum Gasteiger partial charge on any atom is 0.313 e. The average molecular weight is 288 g/mol. The van der Waals surface area contributed by atoms with Crippen molar-refractivity contribution in [3.63, 3.8) is 0 Å². The number of nitrogens with one attached hydrogen (secondary N) is 1. The summed E-state index contributed by atoms with van der Waals surface area (Å²) in [6, 6.07) is 0. The molecule has 0 unspecified atom stereocenters. The van der Waals surface area contributed by atoms with E-state index in [-0.39, 0.29) is 5.75 Å². The van der Waals surface area contributed by atoms with Crippen LogP contribution >= 0.6 is 34.4 Å². The molecule has 0 bridgehead atoms. The summed E-state index contributed by atoms with van der Waals surface area (Å²) < 4.78 is 0.652. The minimum absolute atomic E-state index is 0.00345. The van der Waals surface area contributed by atoms with Gasteiger partial charge < -0.3 is 10.4 Å². The molecule has 2 N–H and O–H groups in total. The molecule has 0 saturated carbocycles. The fraction of sp³-hybridized carbons (Fsp3) is 0.250. The summed E-state index contributed by atoms with van der Waals surface area (Å²) in [5.74, 6) is -0.854. The maximum atomic E-state index is 10.4. The lowest BCUT2D eigenvalue weighted by molar-refractivity contribution is -0.133. The lowest BCUT2D eigenvalue weighted by Gasteiger charge is -1.96. The van der Waals surface area contributed by atoms with E-state index in [0.717, 1.165) is 4.88 Å². The maximum absolute atomic E-state index is 10.4. The van der Waals surface area contributed by atoms with Crippen molar-refractivity contribution in [2.45, 2.75) is 10.9 Å². The molecule has 0 aliphatic rings. The molecule has 2 aromatic heterocycles. The van der Waals surface area contributed by atoms with Gasteiger partial charge in [0.2, 0.25) is 5.13 Å². The quantitative estimate of drug-likeness (QED) is 0.783. The van der Waals surface area contributed by atoms with Crippen LogP contribution in [0.5, 0.6) is 0 Å². The van der Waals surface area contributed by atoms with Gasteiger partial charge in [-0.1, -0.05) is 23.1 Å². The minimum Gasteiger partial charge on any atom is -0.481 e. The van der Waals surface area contributed by atoms with Crippen LogP contribution in [0.3, 0.4) is 0 Å². The predicted octanol–water partition coefficient (Wildman–Crippen LogP) is 1.78. The largest absolute Gasteiger partial charge is 0.481 e. The van der Waals surface area contributed by atoms with E-state index in [1.807, 2.05) is 0 Å². The Morgan fingerprint density at radius 3 is 3.12 bits per heavy atom. The highest BCUT2D eigenvalue weighted by Crippen LogP contribution is 2.25. The summed E-state index contributed by atoms with van der Waals surface area (Å²) in [6.07, 6.45) is 1.79. The Hall–Kier alpha value is -1.19. The van der Waals surface area contributed by atoms with E-state index in [9.17, 15) is 4.79 Å². The topological polar surface area (TPSA) is 88.0 Å². The third kappa shape index (κ3) is 3.95. The first-order valence-electron chi connectivity index (χ1n) is 4.53. The third-order valence-electron chi connectivity index (χ3n) is 1.62. The predicted molar refractivity (Wildman–Crippen MR) is 67.7 cm³/mol. The first kappa shape index (κ1) is 12.3. The van der Waals surface area contributed by atoms with Crippen LogP contribution in [0.25, 0.3) is 0 Å². The SMILES string of the molecule is O=C(O)CSc1nnc(NCc2cncs2)s1. The van der Waals surface area contributed by atoms with Crippen molar-refractivity contribution < 1.29 is 9.90 Å². The molecule has 9 heteroatoms. The van der Waals surface area contributed by atoms with Crippen molar-refractivity contribution in [2.24, 2.45) is 0 Å². The molecule has 0 amide bonds. The molecule has 17 heavy (non-hydrogen) atoms. The second-order valence-electron chi connectivity index (χ2n) is 2.88. The Morgan fingerprint density at radius 2 is 2.41 bits per heavy atom. The average Bonchev–Trinajstić information content (AvgIpc) is 2.95. The zero-order chi connectivity index (χ0) is 12.1. The highest BCUT2D eigenvalue weighted by molar-refractivity contribution is 8.01. The molecule has 0 atom stereocenters. The Labute approximate surface area is 109 Å². The normalized spacial score (nSPS) is 10.4. The second kappa shape index (κ2) is 5.94. The zero-order valence-corrected chi connectivity index (χ0v) is 10.9. The van der Waals surface area contributed by atoms with E-state index in [0.29, 0.717) is 16.0 Å². The van der Waals surface area contributed by atoms with Gasteiger partial charge in [0.1, 0.15) is 0 Å². The molecular formula is C8H8N4O2S3. The van der Waals surface area contributed by atoms with Crippen LogP contribution in [0.15, 0.2) is 16.0 Å². The van der Waals surface area contributed by atoms with E-state index in [2.05, 4.69) is 20.5 Å². The van der Waals surface area contributed by atoms with E-state index in [4.69, 9.17) is 5.11 Å². The first-order valence-corrected chi connectivity index (χ1v) is 7.21. The van der Waals surface area contributed by atoms with E-state index >= 15 is 0 Å². The number of hydrogen-bond acceptors (Lipinski definition) is 8. The Balaban J connectivity index is 1.83. The van der Waals surface area contributed by atoms with Crippen LogP contribution in [-0.4, -0.2) is 32.0 Å². The third-order valence-corrected chi connectivity index (χ3v) is 4.40. The van der Waals surface area contributed by atoms with E-state index < -0.39 is 5.97 Å². The van der Waals surface area contributed by atoms with E-state index in [1.165, 1.54) is 23.1 Å². The van der Waals surface area contributed by atoms with Gasteiger partial charge in [-0.15, -0.1) is 21.5 Å². The highest BCUT2D eigenvalue weighted by atomic mass is 32.2. The van der Waals surface area contributed by atoms with Gasteiger partial charge in [0.05, 0.1) is 17.8 Å². The molecule has 0 fully saturated rings. The zero-order valence-electron chi connectivity index (χ0n) is 8.49. The Kier molecular flexibility index (Phi) is 4.29. The summed E-state index contributed by atoms with van der Waals surface area (Å²) in [5, 5.41) is 20.1. The van der Waals surface area contributed by atoms with Gasteiger partial charge in [-0.3, -0.25) is 9.78 Å². The number of nitrogens with zero attached hydrogens (tertiary/aromatic N) is 3. The van der Waals surface area contributed by atoms with Gasteiger partial charge in [-0.2, -0.15) is 0 Å². The number of hydrogen-bond donors (Lipinski definition) is 2. The van der Waals surface area contributed by atoms with Gasteiger partial charge in [0.25, 0.3) is 0 Å². The molecule has 2 aromatic rings. The molecule has 6 nitrogen and oxygen atoms in total. The van der Waals surface area contributed by atoms with Gasteiger partial charge in [0.15, 0.2) is 4.34 Å². The van der Waals surface area contributed by atoms with Crippen LogP contribution in [0.2, 0.25) is 0 Å². The molecular weight excluding hydrogens is 280 g/mol. The number of aromatic nitrogens is 3. The standard InChI is InChI=1S/C8H8N4O2S3/c13-6(14)3-15-8-12-11-7(17-8)10-2-5-1-9-4-16-5/h1,4H,2-3H2,(H,10,11)(H,13,14). The Morgan fingerprint density at radius 1 is 1.53 bits per heavy atom. The number of anilines is 1. The van der Waals surface area contributed by atoms with Crippen molar-refractivity contribution in [2.75, 3.05) is 11.1 Å². The first-order chi connectivity index (χ1) is 8.24. The van der Waals surface area contributed by atoms with Crippen LogP contribution in [-0.2, 0) is 11.3 Å². The molecule has 0 aliphatic carbocycles. The molecule has 0 spiro atoms. The fourth-order valence-electron chi connectivity index (χ4n) is 0.955. The van der Waals surface area contributed by atoms with Crippen molar-refractivity contribution in [3.05, 3.63) is 16.6 Å². The lowest BCUT2D eigenvalue weighted by atomic mass is 10.5. The molecule has 0 radical (unpaired) electrons. The summed E-state index contributed by atoms with van der Waals surface area (Å²) in [6.45, 7) is 0.656. The van der Waals surface area contributed by atoms with E-state index in [1.54, 1.807) is 23.0 Å². The number of carbonyl (C=O) groups is 1. The van der Waals surface area contributed by atoms with Crippen LogP contribution in [0.1, 0.15) is 4.88 Å². The molecule has 0 aliphatic heterocycles. The Bertz CT molecular complexity index is 485. The second-order valence-corrected chi connectivity index (χ2v) is 6.05. The number of thioether (sulfide) groups is 1. The highest BCUT2D eigenvalue weighted by Gasteiger charge is 2.06. The van der Waals surface area contributed by atoms with Crippen molar-refractivity contribution in [1.29, 1.82) is 0 Å². The number of thiazole rings is 1. The summed E-state index contributed by atoms with van der Waals surface area (Å²) in [7, 11) is 0. The van der Waals surface area contributed by atoms with Crippen LogP contribution in [0, 0.1) is 0 Å². The van der Waals surface area contributed by atoms with Crippen molar-refractivity contribution in [3.8, 4) is 0 Å². The minimum atomic E-state index is -0.857. The summed E-state index contributed by atoms with van der Waals surface area (Å²) in [4.78, 5) is 15.5. The van der Waals surface area contributed by atoms with Crippen LogP contribution in [0.4, 0.5) is 5.13 Å². The molecule has 0 saturated heterocycles. The number of carboxylic acid groups (broad SMARTS) is 1. The monoisotopic (exact) mass is 288 g/mol. The van der Waals surface area contributed by atoms with Gasteiger partial charge in [0, 0.05) is 11.1 Å². The van der Waals surface area contributed by atoms with Gasteiger partial charge in [-0.05, 0) is 0 Å². The fourth-order valence-corrected chi connectivity index (χ4v) is 2.96. The molecule has 90 valence electrons. The number of aliphatic carboxylic acids is 1. The van der Waals surface area contributed by atoms with Crippen molar-refractivity contribution in [1.82, 2.24) is 15.2 Å². The van der Waals surface area contributed by atoms with Crippen molar-refractivity contribution >= 4 is 45.5 Å². The number of carboxylic acids is 1. The molecule has 0 aromatic carbocycles. The molecule has 2 heterocycles.